The van der Waals surface area contributed by atoms with Crippen LogP contribution in [0.15, 0.2) is 16.3 Å². The van der Waals surface area contributed by atoms with Crippen molar-refractivity contribution in [2.24, 2.45) is 5.10 Å². The number of rotatable bonds is 6. The first-order valence-electron chi connectivity index (χ1n) is 8.08. The van der Waals surface area contributed by atoms with Gasteiger partial charge in [0.1, 0.15) is 0 Å². The van der Waals surface area contributed by atoms with E-state index in [2.05, 4.69) is 32.3 Å². The van der Waals surface area contributed by atoms with Gasteiger partial charge in [-0.2, -0.15) is 5.10 Å². The third-order valence-electron chi connectivity index (χ3n) is 3.61. The van der Waals surface area contributed by atoms with Crippen LogP contribution < -0.4 is 5.43 Å². The molecule has 1 aromatic heterocycles. The Morgan fingerprint density at radius 1 is 1.30 bits per heavy atom. The van der Waals surface area contributed by atoms with Gasteiger partial charge in [-0.25, -0.2) is 15.4 Å². The summed E-state index contributed by atoms with van der Waals surface area (Å²) in [6.45, 7) is 9.26. The summed E-state index contributed by atoms with van der Waals surface area (Å²) in [5, 5.41) is 4.90. The zero-order chi connectivity index (χ0) is 16.7. The van der Waals surface area contributed by atoms with Gasteiger partial charge in [0.05, 0.1) is 5.75 Å². The van der Waals surface area contributed by atoms with Crippen LogP contribution in [0.5, 0.6) is 0 Å². The van der Waals surface area contributed by atoms with E-state index in [0.29, 0.717) is 5.16 Å². The highest BCUT2D eigenvalue weighted by Gasteiger charge is 2.14. The Balaban J connectivity index is 1.74. The van der Waals surface area contributed by atoms with Gasteiger partial charge in [0.15, 0.2) is 5.16 Å². The van der Waals surface area contributed by atoms with Crippen molar-refractivity contribution < 1.29 is 4.79 Å². The molecular formula is C16H25N5OS. The lowest BCUT2D eigenvalue weighted by atomic mass is 10.1. The fraction of sp³-hybridized carbons (Fsp3) is 0.625. The summed E-state index contributed by atoms with van der Waals surface area (Å²) < 4.78 is 0. The molecule has 1 N–H and O–H groups in total. The van der Waals surface area contributed by atoms with Gasteiger partial charge in [-0.1, -0.05) is 18.7 Å². The van der Waals surface area contributed by atoms with Gasteiger partial charge >= 0.3 is 0 Å². The number of amides is 1. The number of piperidine rings is 1. The molecule has 0 radical (unpaired) electrons. The maximum atomic E-state index is 11.9. The molecule has 126 valence electrons. The number of carbonyl (C=O) groups is 1. The van der Waals surface area contributed by atoms with Gasteiger partial charge in [-0.3, -0.25) is 4.79 Å². The van der Waals surface area contributed by atoms with Crippen LogP contribution in [0, 0.1) is 13.8 Å². The van der Waals surface area contributed by atoms with E-state index in [4.69, 9.17) is 0 Å². The Hall–Kier alpha value is -1.47. The first-order valence-corrected chi connectivity index (χ1v) is 9.07. The first-order chi connectivity index (χ1) is 11.1. The number of hydrazone groups is 1. The molecule has 2 heterocycles. The summed E-state index contributed by atoms with van der Waals surface area (Å²) in [6.07, 6.45) is 3.06. The Morgan fingerprint density at radius 2 is 1.96 bits per heavy atom. The van der Waals surface area contributed by atoms with Crippen LogP contribution >= 0.6 is 11.8 Å². The van der Waals surface area contributed by atoms with Crippen LogP contribution in [-0.2, 0) is 4.79 Å². The smallest absolute Gasteiger partial charge is 0.250 e. The van der Waals surface area contributed by atoms with E-state index in [0.717, 1.165) is 49.6 Å². The molecule has 1 saturated heterocycles. The number of likely N-dealkylation sites (tertiary alicyclic amines) is 1. The van der Waals surface area contributed by atoms with Crippen molar-refractivity contribution in [1.29, 1.82) is 0 Å². The molecule has 0 unspecified atom stereocenters. The Morgan fingerprint density at radius 3 is 2.57 bits per heavy atom. The zero-order valence-corrected chi connectivity index (χ0v) is 14.9. The molecule has 0 aromatic carbocycles. The van der Waals surface area contributed by atoms with E-state index in [-0.39, 0.29) is 11.7 Å². The van der Waals surface area contributed by atoms with E-state index < -0.39 is 0 Å². The van der Waals surface area contributed by atoms with E-state index >= 15 is 0 Å². The molecule has 0 aliphatic carbocycles. The minimum atomic E-state index is -0.110. The third-order valence-corrected chi connectivity index (χ3v) is 4.45. The maximum Gasteiger partial charge on any atom is 0.250 e. The minimum Gasteiger partial charge on any atom is -0.303 e. The fourth-order valence-electron chi connectivity index (χ4n) is 2.52. The van der Waals surface area contributed by atoms with Crippen LogP contribution in [0.3, 0.4) is 0 Å². The molecule has 7 heteroatoms. The average Bonchev–Trinajstić information content (AvgIpc) is 2.52. The van der Waals surface area contributed by atoms with Gasteiger partial charge < -0.3 is 4.90 Å². The highest BCUT2D eigenvalue weighted by atomic mass is 32.2. The van der Waals surface area contributed by atoms with Gasteiger partial charge in [0.25, 0.3) is 5.91 Å². The van der Waals surface area contributed by atoms with Crippen LogP contribution in [0.4, 0.5) is 0 Å². The number of hydrogen-bond donors (Lipinski definition) is 1. The monoisotopic (exact) mass is 335 g/mol. The SMILES string of the molecule is CCCN1CCC(=NNC(=O)CSc2nc(C)cc(C)n2)CC1. The molecule has 6 nitrogen and oxygen atoms in total. The third kappa shape index (κ3) is 6.27. The van der Waals surface area contributed by atoms with E-state index in [1.165, 1.54) is 18.2 Å². The van der Waals surface area contributed by atoms with Gasteiger partial charge in [0.2, 0.25) is 0 Å². The molecule has 2 rings (SSSR count). The summed E-state index contributed by atoms with van der Waals surface area (Å²) in [6, 6.07) is 1.92. The second-order valence-corrected chi connectivity index (χ2v) is 6.72. The number of nitrogens with zero attached hydrogens (tertiary/aromatic N) is 4. The molecule has 1 fully saturated rings. The van der Waals surface area contributed by atoms with Crippen LogP contribution in [0.1, 0.15) is 37.6 Å². The summed E-state index contributed by atoms with van der Waals surface area (Å²) in [5.74, 6) is 0.169. The van der Waals surface area contributed by atoms with Crippen LogP contribution in [-0.4, -0.2) is 51.9 Å². The van der Waals surface area contributed by atoms with Crippen molar-refractivity contribution in [3.8, 4) is 0 Å². The van der Waals surface area contributed by atoms with Crippen molar-refractivity contribution >= 4 is 23.4 Å². The Kier molecular flexibility index (Phi) is 6.98. The summed E-state index contributed by atoms with van der Waals surface area (Å²) in [5.41, 5.74) is 5.57. The van der Waals surface area contributed by atoms with E-state index in [1.807, 2.05) is 19.9 Å². The molecule has 0 atom stereocenters. The lowest BCUT2D eigenvalue weighted by Gasteiger charge is -2.26. The quantitative estimate of drug-likeness (QED) is 0.490. The van der Waals surface area contributed by atoms with E-state index in [9.17, 15) is 4.79 Å². The largest absolute Gasteiger partial charge is 0.303 e. The van der Waals surface area contributed by atoms with Crippen LogP contribution in [0.25, 0.3) is 0 Å². The lowest BCUT2D eigenvalue weighted by Crippen LogP contribution is -2.35. The molecule has 0 bridgehead atoms. The summed E-state index contributed by atoms with van der Waals surface area (Å²) in [4.78, 5) is 23.0. The predicted octanol–water partition coefficient (Wildman–Crippen LogP) is 2.16. The predicted molar refractivity (Wildman–Crippen MR) is 93.8 cm³/mol. The summed E-state index contributed by atoms with van der Waals surface area (Å²) >= 11 is 1.34. The average molecular weight is 335 g/mol. The maximum absolute atomic E-state index is 11.9. The molecule has 0 saturated carbocycles. The number of thioether (sulfide) groups is 1. The first kappa shape index (κ1) is 17.9. The lowest BCUT2D eigenvalue weighted by molar-refractivity contribution is -0.118. The Bertz CT molecular complexity index is 545. The normalized spacial score (nSPS) is 15.5. The number of aryl methyl sites for hydroxylation is 2. The minimum absolute atomic E-state index is 0.110. The standard InChI is InChI=1S/C16H25N5OS/c1-4-7-21-8-5-14(6-9-21)19-20-15(22)11-23-16-17-12(2)10-13(3)18-16/h10H,4-9,11H2,1-3H3,(H,20,22). The molecule has 1 aromatic rings. The van der Waals surface area contributed by atoms with E-state index in [1.54, 1.807) is 0 Å². The molecular weight excluding hydrogens is 310 g/mol. The number of aromatic nitrogens is 2. The van der Waals surface area contributed by atoms with Crippen LogP contribution in [0.2, 0.25) is 0 Å². The number of hydrogen-bond acceptors (Lipinski definition) is 6. The topological polar surface area (TPSA) is 70.5 Å². The van der Waals surface area contributed by atoms with Crippen molar-refractivity contribution in [2.45, 2.75) is 45.2 Å². The van der Waals surface area contributed by atoms with Crippen molar-refractivity contribution in [3.63, 3.8) is 0 Å². The zero-order valence-electron chi connectivity index (χ0n) is 14.1. The molecule has 1 amide bonds. The van der Waals surface area contributed by atoms with Gasteiger partial charge in [-0.05, 0) is 32.9 Å². The van der Waals surface area contributed by atoms with Gasteiger partial charge in [0, 0.05) is 43.0 Å². The highest BCUT2D eigenvalue weighted by molar-refractivity contribution is 7.99. The second-order valence-electron chi connectivity index (χ2n) is 5.78. The molecule has 1 aliphatic heterocycles. The molecule has 23 heavy (non-hydrogen) atoms. The Labute approximate surface area is 142 Å². The molecule has 1 aliphatic rings. The van der Waals surface area contributed by atoms with Gasteiger partial charge in [-0.15, -0.1) is 0 Å². The van der Waals surface area contributed by atoms with Crippen molar-refractivity contribution in [2.75, 3.05) is 25.4 Å². The van der Waals surface area contributed by atoms with Crippen molar-refractivity contribution in [1.82, 2.24) is 20.3 Å². The summed E-state index contributed by atoms with van der Waals surface area (Å²) in [7, 11) is 0. The fourth-order valence-corrected chi connectivity index (χ4v) is 3.27. The molecule has 0 spiro atoms. The second kappa shape index (κ2) is 8.98. The number of nitrogens with one attached hydrogen (secondary N) is 1. The highest BCUT2D eigenvalue weighted by Crippen LogP contribution is 2.13. The number of carbonyl (C=O) groups excluding carboxylic acids is 1. The van der Waals surface area contributed by atoms with Crippen molar-refractivity contribution in [3.05, 3.63) is 17.5 Å².